The van der Waals surface area contributed by atoms with Gasteiger partial charge in [0.2, 0.25) is 0 Å². The standard InChI is InChI=1S/C15H14.C13H9.C5H5.2ClH.Zr/c1-3-8-14(9-4-1)12-7-13-15-10-5-2-6-11-15;1-3-7-12-10(5-1)9-11-6-2-4-8-13(11)12;1-2-4-5-3-1;;;/h1-6,8-11H,12-13H2;1-5,7-8H,9H2;1-5H;2*1H;/q;2*-1;;;+2/p-2. The molecule has 0 saturated carbocycles. The average Bonchev–Trinajstić information content (AvgIpc) is 3.58. The van der Waals surface area contributed by atoms with Crippen molar-refractivity contribution in [2.45, 2.75) is 19.3 Å². The Morgan fingerprint density at radius 3 is 1.72 bits per heavy atom. The second kappa shape index (κ2) is 16.3. The first-order valence-electron chi connectivity index (χ1n) is 11.7. The minimum atomic E-state index is 0. The van der Waals surface area contributed by atoms with Gasteiger partial charge in [-0.15, -0.1) is 5.56 Å². The van der Waals surface area contributed by atoms with Crippen LogP contribution in [0.3, 0.4) is 0 Å². The Labute approximate surface area is 242 Å². The number of hydrogen-bond acceptors (Lipinski definition) is 0. The van der Waals surface area contributed by atoms with E-state index >= 15 is 0 Å². The normalized spacial score (nSPS) is 10.1. The zero-order chi connectivity index (χ0) is 23.4. The SMILES string of the molecule is [Cl-].[Cl-].[Zr+2]=[C](Cc1ccccc1)Cc1ccccc1.[c-]1cccc2c1Cc1ccccc1-2.c1cc[cH-]c1. The molecule has 0 spiro atoms. The summed E-state index contributed by atoms with van der Waals surface area (Å²) in [6.45, 7) is 0. The van der Waals surface area contributed by atoms with Crippen LogP contribution in [0.4, 0.5) is 0 Å². The Kier molecular flexibility index (Phi) is 13.5. The molecule has 0 aromatic heterocycles. The molecule has 180 valence electrons. The van der Waals surface area contributed by atoms with Crippen molar-refractivity contribution in [3.63, 3.8) is 0 Å². The van der Waals surface area contributed by atoms with E-state index in [9.17, 15) is 0 Å². The molecule has 0 saturated heterocycles. The maximum absolute atomic E-state index is 3.30. The quantitative estimate of drug-likeness (QED) is 0.276. The second-order valence-electron chi connectivity index (χ2n) is 8.29. The Morgan fingerprint density at radius 1 is 0.639 bits per heavy atom. The van der Waals surface area contributed by atoms with Crippen LogP contribution < -0.4 is 24.8 Å². The number of hydrogen-bond donors (Lipinski definition) is 0. The fourth-order valence-electron chi connectivity index (χ4n) is 4.07. The fraction of sp³-hybridized carbons (Fsp3) is 0.0909. The number of benzene rings is 4. The van der Waals surface area contributed by atoms with E-state index in [1.54, 1.807) is 27.4 Å². The Morgan fingerprint density at radius 2 is 1.17 bits per heavy atom. The molecule has 0 nitrogen and oxygen atoms in total. The van der Waals surface area contributed by atoms with Crippen molar-refractivity contribution in [1.29, 1.82) is 0 Å². The van der Waals surface area contributed by atoms with Gasteiger partial charge in [0.05, 0.1) is 0 Å². The third-order valence-electron chi connectivity index (χ3n) is 5.69. The minimum absolute atomic E-state index is 0. The predicted molar refractivity (Wildman–Crippen MR) is 141 cm³/mol. The Balaban J connectivity index is 0.000000205. The first-order valence-corrected chi connectivity index (χ1v) is 12.9. The van der Waals surface area contributed by atoms with Crippen molar-refractivity contribution in [2.24, 2.45) is 0 Å². The third-order valence-corrected chi connectivity index (χ3v) is 6.56. The molecule has 0 amide bonds. The van der Waals surface area contributed by atoms with Crippen LogP contribution in [-0.2, 0) is 43.5 Å². The van der Waals surface area contributed by atoms with Gasteiger partial charge in [-0.1, -0.05) is 35.4 Å². The summed E-state index contributed by atoms with van der Waals surface area (Å²) in [4.78, 5) is 0. The van der Waals surface area contributed by atoms with Crippen molar-refractivity contribution in [3.8, 4) is 11.1 Å². The van der Waals surface area contributed by atoms with Gasteiger partial charge in [-0.2, -0.15) is 48.0 Å². The van der Waals surface area contributed by atoms with Gasteiger partial charge in [0.15, 0.2) is 0 Å². The summed E-state index contributed by atoms with van der Waals surface area (Å²) < 4.78 is 1.60. The molecule has 5 aromatic carbocycles. The van der Waals surface area contributed by atoms with E-state index in [0.717, 1.165) is 19.3 Å². The van der Waals surface area contributed by atoms with Crippen LogP contribution in [-0.4, -0.2) is 3.21 Å². The summed E-state index contributed by atoms with van der Waals surface area (Å²) in [7, 11) is 0. The van der Waals surface area contributed by atoms with E-state index in [2.05, 4.69) is 103 Å². The molecule has 1 aliphatic rings. The molecule has 0 unspecified atom stereocenters. The second-order valence-corrected chi connectivity index (χ2v) is 10.0. The first-order chi connectivity index (χ1) is 16.8. The molecule has 1 aliphatic carbocycles. The van der Waals surface area contributed by atoms with Gasteiger partial charge in [0, 0.05) is 0 Å². The van der Waals surface area contributed by atoms with E-state index in [-0.39, 0.29) is 24.8 Å². The van der Waals surface area contributed by atoms with Crippen molar-refractivity contribution < 1.29 is 49.0 Å². The van der Waals surface area contributed by atoms with Crippen LogP contribution in [0, 0.1) is 6.07 Å². The van der Waals surface area contributed by atoms with Crippen LogP contribution >= 0.6 is 0 Å². The molecule has 5 aromatic rings. The van der Waals surface area contributed by atoms with Crippen molar-refractivity contribution in [1.82, 2.24) is 0 Å². The van der Waals surface area contributed by atoms with Gasteiger partial charge in [0.1, 0.15) is 0 Å². The molecular formula is C33H28Cl2Zr-2. The van der Waals surface area contributed by atoms with E-state index in [1.807, 2.05) is 36.4 Å². The van der Waals surface area contributed by atoms with Crippen molar-refractivity contribution >= 4 is 3.21 Å². The molecule has 0 aliphatic heterocycles. The summed E-state index contributed by atoms with van der Waals surface area (Å²) in [5.74, 6) is 0. The van der Waals surface area contributed by atoms with Crippen LogP contribution in [0.1, 0.15) is 22.3 Å². The predicted octanol–water partition coefficient (Wildman–Crippen LogP) is 1.66. The molecule has 0 atom stereocenters. The smallest absolute Gasteiger partial charge is 0.0253 e. The monoisotopic (exact) mass is 584 g/mol. The third kappa shape index (κ3) is 9.22. The average molecular weight is 587 g/mol. The molecular weight excluding hydrogens is 558 g/mol. The van der Waals surface area contributed by atoms with Crippen LogP contribution in [0.15, 0.2) is 133 Å². The van der Waals surface area contributed by atoms with E-state index in [1.165, 1.54) is 33.4 Å². The van der Waals surface area contributed by atoms with E-state index < -0.39 is 0 Å². The van der Waals surface area contributed by atoms with Crippen LogP contribution in [0.5, 0.6) is 0 Å². The molecule has 36 heavy (non-hydrogen) atoms. The summed E-state index contributed by atoms with van der Waals surface area (Å²) in [6, 6.07) is 49.5. The molecule has 0 bridgehead atoms. The molecule has 0 heterocycles. The summed E-state index contributed by atoms with van der Waals surface area (Å²) in [5, 5.41) is 0. The van der Waals surface area contributed by atoms with Crippen LogP contribution in [0.2, 0.25) is 0 Å². The zero-order valence-corrected chi connectivity index (χ0v) is 24.0. The van der Waals surface area contributed by atoms with E-state index in [4.69, 9.17) is 0 Å². The molecule has 0 N–H and O–H groups in total. The fourth-order valence-corrected chi connectivity index (χ4v) is 5.07. The Hall–Kier alpha value is -2.44. The maximum Gasteiger partial charge on any atom is -0.0253 e. The maximum atomic E-state index is 3.30. The zero-order valence-electron chi connectivity index (χ0n) is 20.1. The van der Waals surface area contributed by atoms with Gasteiger partial charge in [0.25, 0.3) is 0 Å². The number of halogens is 2. The van der Waals surface area contributed by atoms with E-state index in [0.29, 0.717) is 0 Å². The summed E-state index contributed by atoms with van der Waals surface area (Å²) in [6.07, 6.45) is 3.29. The van der Waals surface area contributed by atoms with Gasteiger partial charge < -0.3 is 24.8 Å². The molecule has 3 heteroatoms. The minimum Gasteiger partial charge on any atom is -0.214 e. The van der Waals surface area contributed by atoms with Crippen molar-refractivity contribution in [3.05, 3.63) is 162 Å². The van der Waals surface area contributed by atoms with Gasteiger partial charge in [-0.25, -0.2) is 12.1 Å². The summed E-state index contributed by atoms with van der Waals surface area (Å²) in [5.41, 5.74) is 8.35. The van der Waals surface area contributed by atoms with Crippen LogP contribution in [0.25, 0.3) is 11.1 Å². The molecule has 0 radical (unpaired) electrons. The molecule has 6 rings (SSSR count). The Bertz CT molecular complexity index is 1180. The van der Waals surface area contributed by atoms with Crippen molar-refractivity contribution in [2.75, 3.05) is 0 Å². The van der Waals surface area contributed by atoms with Gasteiger partial charge in [-0.3, -0.25) is 0 Å². The van der Waals surface area contributed by atoms with Gasteiger partial charge >= 0.3 is 112 Å². The topological polar surface area (TPSA) is 0 Å². The largest absolute Gasteiger partial charge is 0.214 e. The number of rotatable bonds is 4. The summed E-state index contributed by atoms with van der Waals surface area (Å²) >= 11 is 1.55. The van der Waals surface area contributed by atoms with Gasteiger partial charge in [-0.05, 0) is 6.42 Å². The molecule has 0 fully saturated rings. The first kappa shape index (κ1) is 29.8. The number of fused-ring (bicyclic) bond motifs is 3.